The number of hydrogen-bond donors (Lipinski definition) is 4. The van der Waals surface area contributed by atoms with Crippen LogP contribution in [0.5, 0.6) is 0 Å². The molecule has 1 saturated heterocycles. The van der Waals surface area contributed by atoms with Gasteiger partial charge in [0, 0.05) is 12.8 Å². The highest BCUT2D eigenvalue weighted by atomic mass is 16.7. The lowest BCUT2D eigenvalue weighted by molar-refractivity contribution is -0.305. The van der Waals surface area contributed by atoms with Crippen molar-refractivity contribution < 1.29 is 49.0 Å². The molecule has 10 heteroatoms. The van der Waals surface area contributed by atoms with Crippen LogP contribution in [0, 0.1) is 0 Å². The van der Waals surface area contributed by atoms with Crippen LogP contribution in [0.3, 0.4) is 0 Å². The molecule has 0 amide bonds. The summed E-state index contributed by atoms with van der Waals surface area (Å²) in [7, 11) is 0. The molecule has 1 heterocycles. The molecule has 0 aromatic carbocycles. The van der Waals surface area contributed by atoms with Gasteiger partial charge in [0.15, 0.2) is 12.4 Å². The Morgan fingerprint density at radius 2 is 0.968 bits per heavy atom. The van der Waals surface area contributed by atoms with Crippen LogP contribution in [0.15, 0.2) is 85.1 Å². The van der Waals surface area contributed by atoms with Crippen molar-refractivity contribution in [3.05, 3.63) is 85.1 Å². The summed E-state index contributed by atoms with van der Waals surface area (Å²) in [6.07, 6.45) is 48.9. The molecule has 6 atom stereocenters. The molecule has 4 N–H and O–H groups in total. The summed E-state index contributed by atoms with van der Waals surface area (Å²) >= 11 is 0. The highest BCUT2D eigenvalue weighted by Gasteiger charge is 2.44. The normalized spacial score (nSPS) is 20.3. The van der Waals surface area contributed by atoms with Crippen molar-refractivity contribution in [3.63, 3.8) is 0 Å². The molecule has 63 heavy (non-hydrogen) atoms. The Morgan fingerprint density at radius 3 is 1.48 bits per heavy atom. The monoisotopic (exact) mass is 885 g/mol. The zero-order valence-corrected chi connectivity index (χ0v) is 39.3. The van der Waals surface area contributed by atoms with Gasteiger partial charge in [0.1, 0.15) is 31.0 Å². The molecule has 1 aliphatic rings. The van der Waals surface area contributed by atoms with Crippen LogP contribution in [0.4, 0.5) is 0 Å². The van der Waals surface area contributed by atoms with E-state index in [0.717, 1.165) is 57.8 Å². The van der Waals surface area contributed by atoms with E-state index < -0.39 is 55.4 Å². The van der Waals surface area contributed by atoms with Crippen LogP contribution in [-0.2, 0) is 28.5 Å². The maximum atomic E-state index is 12.8. The van der Waals surface area contributed by atoms with E-state index in [-0.39, 0.29) is 26.1 Å². The molecular formula is C53H88O10. The lowest BCUT2D eigenvalue weighted by Crippen LogP contribution is -2.59. The summed E-state index contributed by atoms with van der Waals surface area (Å²) in [5.74, 6) is -0.911. The predicted octanol–water partition coefficient (Wildman–Crippen LogP) is 11.3. The first-order valence-corrected chi connectivity index (χ1v) is 24.7. The smallest absolute Gasteiger partial charge is 0.306 e. The van der Waals surface area contributed by atoms with Crippen molar-refractivity contribution in [1.82, 2.24) is 0 Å². The van der Waals surface area contributed by atoms with E-state index in [1.807, 2.05) is 12.2 Å². The van der Waals surface area contributed by atoms with Gasteiger partial charge in [-0.1, -0.05) is 176 Å². The van der Waals surface area contributed by atoms with E-state index >= 15 is 0 Å². The largest absolute Gasteiger partial charge is 0.462 e. The van der Waals surface area contributed by atoms with Gasteiger partial charge in [-0.3, -0.25) is 9.59 Å². The van der Waals surface area contributed by atoms with Gasteiger partial charge in [-0.15, -0.1) is 0 Å². The fourth-order valence-corrected chi connectivity index (χ4v) is 6.91. The molecule has 1 aliphatic heterocycles. The molecule has 0 saturated carbocycles. The molecule has 1 rings (SSSR count). The second-order valence-corrected chi connectivity index (χ2v) is 16.5. The van der Waals surface area contributed by atoms with Gasteiger partial charge < -0.3 is 39.4 Å². The number of esters is 2. The van der Waals surface area contributed by atoms with E-state index in [2.05, 4.69) is 86.8 Å². The van der Waals surface area contributed by atoms with Gasteiger partial charge in [0.25, 0.3) is 0 Å². The molecule has 0 spiro atoms. The molecule has 0 radical (unpaired) electrons. The van der Waals surface area contributed by atoms with Crippen LogP contribution in [0.25, 0.3) is 0 Å². The van der Waals surface area contributed by atoms with Gasteiger partial charge in [-0.05, 0) is 77.0 Å². The van der Waals surface area contributed by atoms with Crippen molar-refractivity contribution >= 4 is 11.9 Å². The molecule has 2 unspecified atom stereocenters. The van der Waals surface area contributed by atoms with Crippen molar-refractivity contribution in [2.24, 2.45) is 0 Å². The lowest BCUT2D eigenvalue weighted by Gasteiger charge is -2.39. The van der Waals surface area contributed by atoms with E-state index in [0.29, 0.717) is 12.8 Å². The molecule has 10 nitrogen and oxygen atoms in total. The summed E-state index contributed by atoms with van der Waals surface area (Å²) in [5.41, 5.74) is 0. The van der Waals surface area contributed by atoms with Crippen LogP contribution in [-0.4, -0.2) is 89.0 Å². The number of carbonyl (C=O) groups excluding carboxylic acids is 2. The summed E-state index contributed by atoms with van der Waals surface area (Å²) < 4.78 is 22.1. The van der Waals surface area contributed by atoms with Crippen molar-refractivity contribution in [2.75, 3.05) is 19.8 Å². The number of aliphatic hydroxyl groups excluding tert-OH is 4. The number of carbonyl (C=O) groups is 2. The van der Waals surface area contributed by atoms with Crippen molar-refractivity contribution in [3.8, 4) is 0 Å². The Kier molecular flexibility index (Phi) is 39.3. The molecule has 360 valence electrons. The molecular weight excluding hydrogens is 797 g/mol. The first-order chi connectivity index (χ1) is 30.8. The molecule has 0 aromatic heterocycles. The molecule has 0 aromatic rings. The number of unbranched alkanes of at least 4 members (excludes halogenated alkanes) is 15. The van der Waals surface area contributed by atoms with Gasteiger partial charge >= 0.3 is 11.9 Å². The highest BCUT2D eigenvalue weighted by molar-refractivity contribution is 5.70. The second-order valence-electron chi connectivity index (χ2n) is 16.5. The quantitative estimate of drug-likeness (QED) is 0.0266. The Morgan fingerprint density at radius 1 is 0.508 bits per heavy atom. The minimum absolute atomic E-state index is 0.101. The second kappa shape index (κ2) is 42.8. The number of ether oxygens (including phenoxy) is 4. The average molecular weight is 885 g/mol. The topological polar surface area (TPSA) is 152 Å². The predicted molar refractivity (Wildman–Crippen MR) is 256 cm³/mol. The number of hydrogen-bond acceptors (Lipinski definition) is 10. The molecule has 0 aliphatic carbocycles. The van der Waals surface area contributed by atoms with Crippen molar-refractivity contribution in [1.29, 1.82) is 0 Å². The van der Waals surface area contributed by atoms with Gasteiger partial charge in [-0.2, -0.15) is 0 Å². The zero-order chi connectivity index (χ0) is 45.9. The minimum Gasteiger partial charge on any atom is -0.462 e. The van der Waals surface area contributed by atoms with Gasteiger partial charge in [0.05, 0.1) is 13.2 Å². The van der Waals surface area contributed by atoms with E-state index in [1.165, 1.54) is 83.5 Å². The maximum absolute atomic E-state index is 12.8. The van der Waals surface area contributed by atoms with E-state index in [4.69, 9.17) is 18.9 Å². The zero-order valence-electron chi connectivity index (χ0n) is 39.3. The summed E-state index contributed by atoms with van der Waals surface area (Å²) in [4.78, 5) is 25.4. The van der Waals surface area contributed by atoms with E-state index in [9.17, 15) is 30.0 Å². The van der Waals surface area contributed by atoms with Crippen LogP contribution >= 0.6 is 0 Å². The van der Waals surface area contributed by atoms with Crippen LogP contribution in [0.2, 0.25) is 0 Å². The standard InChI is InChI=1S/C53H88O10/c1-3-5-7-9-11-13-15-17-19-21-23-25-27-29-31-33-35-37-39-41-48(55)60-44-46(45-61-53-52(59)51(58)50(57)47(43-54)63-53)62-49(56)42-40-38-36-34-32-30-28-26-24-22-20-18-16-14-12-10-8-6-4-2/h6,8,12,14,17-20,24,26,30,32,36,38,46-47,50-54,57-59H,3-5,7,9-11,13,15-16,21-23,25,27-29,31,33-35,37,39-45H2,1-2H3/b8-6+,14-12+,19-17+,20-18+,26-24+,32-30+,38-36+/t46-,47-,50+,51?,52?,53-/m0/s1. The number of allylic oxidation sites excluding steroid dienone is 14. The lowest BCUT2D eigenvalue weighted by atomic mass is 9.99. The average Bonchev–Trinajstić information content (AvgIpc) is 3.28. The Labute approximate surface area is 382 Å². The van der Waals surface area contributed by atoms with Crippen LogP contribution in [0.1, 0.15) is 181 Å². The fraction of sp³-hybridized carbons (Fsp3) is 0.698. The van der Waals surface area contributed by atoms with Gasteiger partial charge in [-0.25, -0.2) is 0 Å². The summed E-state index contributed by atoms with van der Waals surface area (Å²) in [6.45, 7) is 3.23. The SMILES string of the molecule is CC/C=C/C/C=C/C/C=C/C/C=C/C/C=C/C/C=C/CCC(=O)O[C@@H](COC(=O)CCCCCCCCCCC/C=C/CCCCCCCC)CO[C@H]1O[C@@H](CO)[C@@H](O)C(O)C1O. The van der Waals surface area contributed by atoms with E-state index in [1.54, 1.807) is 0 Å². The third-order valence-electron chi connectivity index (χ3n) is 10.8. The van der Waals surface area contributed by atoms with Crippen LogP contribution < -0.4 is 0 Å². The first kappa shape index (κ1) is 57.9. The third-order valence-corrected chi connectivity index (χ3v) is 10.8. The highest BCUT2D eigenvalue weighted by Crippen LogP contribution is 2.22. The Hall–Kier alpha value is -3.12. The first-order valence-electron chi connectivity index (χ1n) is 24.7. The molecule has 1 fully saturated rings. The number of aliphatic hydroxyl groups is 4. The van der Waals surface area contributed by atoms with Crippen molar-refractivity contribution in [2.45, 2.75) is 218 Å². The summed E-state index contributed by atoms with van der Waals surface area (Å²) in [5, 5.41) is 40.2. The Bertz CT molecular complexity index is 1300. The van der Waals surface area contributed by atoms with Gasteiger partial charge in [0.2, 0.25) is 0 Å². The number of rotatable bonds is 40. The Balaban J connectivity index is 2.35. The fourth-order valence-electron chi connectivity index (χ4n) is 6.91. The third kappa shape index (κ3) is 34.0. The minimum atomic E-state index is -1.61. The maximum Gasteiger partial charge on any atom is 0.306 e. The summed E-state index contributed by atoms with van der Waals surface area (Å²) in [6, 6.07) is 0. The molecule has 0 bridgehead atoms.